The van der Waals surface area contributed by atoms with Crippen molar-refractivity contribution < 1.29 is 4.79 Å². The fourth-order valence-corrected chi connectivity index (χ4v) is 4.20. The summed E-state index contributed by atoms with van der Waals surface area (Å²) in [5.41, 5.74) is 2.88. The van der Waals surface area contributed by atoms with Crippen molar-refractivity contribution in [3.05, 3.63) is 101 Å². The number of nitrogens with zero attached hydrogens (tertiary/aromatic N) is 3. The molecule has 0 saturated heterocycles. The molecule has 0 bridgehead atoms. The molecule has 0 unspecified atom stereocenters. The number of hydrogen-bond donors (Lipinski definition) is 0. The summed E-state index contributed by atoms with van der Waals surface area (Å²) >= 11 is 4.84. The average Bonchev–Trinajstić information content (AvgIpc) is 3.25. The first kappa shape index (κ1) is 19.5. The fourth-order valence-electron chi connectivity index (χ4n) is 3.12. The molecule has 4 rings (SSSR count). The molecule has 1 amide bonds. The van der Waals surface area contributed by atoms with E-state index < -0.39 is 5.92 Å². The van der Waals surface area contributed by atoms with E-state index in [-0.39, 0.29) is 5.91 Å². The first-order chi connectivity index (χ1) is 14.1. The smallest absolute Gasteiger partial charge is 0.240 e. The van der Waals surface area contributed by atoms with Crippen molar-refractivity contribution in [1.82, 2.24) is 10.2 Å². The van der Waals surface area contributed by atoms with Gasteiger partial charge in [-0.25, -0.2) is 0 Å². The molecule has 0 aliphatic heterocycles. The van der Waals surface area contributed by atoms with Crippen LogP contribution in [0.2, 0.25) is 0 Å². The number of amides is 1. The minimum absolute atomic E-state index is 0.0408. The zero-order valence-corrected chi connectivity index (χ0v) is 18.1. The molecule has 0 atom stereocenters. The van der Waals surface area contributed by atoms with Gasteiger partial charge in [0.15, 0.2) is 0 Å². The van der Waals surface area contributed by atoms with Crippen molar-refractivity contribution in [2.45, 2.75) is 5.92 Å². The Hall–Kier alpha value is -2.83. The van der Waals surface area contributed by atoms with Gasteiger partial charge in [0.25, 0.3) is 0 Å². The minimum Gasteiger partial charge on any atom is -0.289 e. The van der Waals surface area contributed by atoms with Crippen molar-refractivity contribution in [2.24, 2.45) is 0 Å². The average molecular weight is 464 g/mol. The second-order valence-electron chi connectivity index (χ2n) is 6.55. The van der Waals surface area contributed by atoms with Gasteiger partial charge in [-0.3, -0.25) is 9.69 Å². The Bertz CT molecular complexity index is 1060. The van der Waals surface area contributed by atoms with Crippen molar-refractivity contribution in [3.8, 4) is 10.6 Å². The molecule has 4 aromatic rings. The molecule has 0 saturated carbocycles. The number of benzene rings is 3. The summed E-state index contributed by atoms with van der Waals surface area (Å²) in [7, 11) is 1.76. The number of likely N-dealkylation sites (N-methyl/N-ethyl adjacent to an activating group) is 1. The summed E-state index contributed by atoms with van der Waals surface area (Å²) in [5, 5.41) is 9.91. The molecule has 1 aromatic heterocycles. The zero-order chi connectivity index (χ0) is 20.2. The molecule has 144 valence electrons. The van der Waals surface area contributed by atoms with Gasteiger partial charge in [-0.1, -0.05) is 100 Å². The molecule has 6 heteroatoms. The van der Waals surface area contributed by atoms with Crippen molar-refractivity contribution in [2.75, 3.05) is 11.9 Å². The monoisotopic (exact) mass is 463 g/mol. The van der Waals surface area contributed by atoms with Gasteiger partial charge in [-0.2, -0.15) is 0 Å². The maximum Gasteiger partial charge on any atom is 0.240 e. The summed E-state index contributed by atoms with van der Waals surface area (Å²) in [4.78, 5) is 15.1. The normalized spacial score (nSPS) is 10.9. The number of rotatable bonds is 5. The van der Waals surface area contributed by atoms with Gasteiger partial charge in [-0.15, -0.1) is 10.2 Å². The van der Waals surface area contributed by atoms with Gasteiger partial charge in [-0.05, 0) is 23.3 Å². The van der Waals surface area contributed by atoms with Crippen LogP contribution in [0.25, 0.3) is 10.6 Å². The molecule has 1 heterocycles. The summed E-state index contributed by atoms with van der Waals surface area (Å²) in [5.74, 6) is -0.441. The van der Waals surface area contributed by atoms with Gasteiger partial charge in [0.05, 0.1) is 5.92 Å². The number of halogens is 1. The zero-order valence-electron chi connectivity index (χ0n) is 15.7. The highest BCUT2D eigenvalue weighted by Gasteiger charge is 2.28. The van der Waals surface area contributed by atoms with Crippen LogP contribution in [-0.2, 0) is 4.79 Å². The standard InChI is InChI=1S/C23H18BrN3OS/c1-27(23-26-25-21(29-23)18-12-14-19(24)15-13-18)22(28)20(16-8-4-2-5-9-16)17-10-6-3-7-11-17/h2-15,20H,1H3. The van der Waals surface area contributed by atoms with Crippen LogP contribution in [0.3, 0.4) is 0 Å². The summed E-state index contributed by atoms with van der Waals surface area (Å²) < 4.78 is 1.01. The van der Waals surface area contributed by atoms with Crippen LogP contribution in [-0.4, -0.2) is 23.2 Å². The summed E-state index contributed by atoms with van der Waals surface area (Å²) in [6.07, 6.45) is 0. The third kappa shape index (κ3) is 4.28. The largest absolute Gasteiger partial charge is 0.289 e. The molecule has 0 radical (unpaired) electrons. The van der Waals surface area contributed by atoms with E-state index in [2.05, 4.69) is 26.1 Å². The molecule has 0 aliphatic rings. The number of hydrogen-bond acceptors (Lipinski definition) is 4. The fraction of sp³-hybridized carbons (Fsp3) is 0.0870. The number of carbonyl (C=O) groups is 1. The molecular weight excluding hydrogens is 446 g/mol. The molecular formula is C23H18BrN3OS. The van der Waals surface area contributed by atoms with Gasteiger partial charge >= 0.3 is 0 Å². The topological polar surface area (TPSA) is 46.1 Å². The predicted molar refractivity (Wildman–Crippen MR) is 121 cm³/mol. The first-order valence-corrected chi connectivity index (χ1v) is 10.7. The molecule has 4 nitrogen and oxygen atoms in total. The molecule has 3 aromatic carbocycles. The maximum atomic E-state index is 13.5. The van der Waals surface area contributed by atoms with E-state index in [9.17, 15) is 4.79 Å². The minimum atomic E-state index is -0.401. The van der Waals surface area contributed by atoms with Gasteiger partial charge in [0.2, 0.25) is 11.0 Å². The second-order valence-corrected chi connectivity index (χ2v) is 8.42. The van der Waals surface area contributed by atoms with E-state index in [1.54, 1.807) is 11.9 Å². The van der Waals surface area contributed by atoms with Crippen LogP contribution in [0, 0.1) is 0 Å². The van der Waals surface area contributed by atoms with Gasteiger partial charge in [0.1, 0.15) is 5.01 Å². The highest BCUT2D eigenvalue weighted by molar-refractivity contribution is 9.10. The third-order valence-corrected chi connectivity index (χ3v) is 6.21. The molecule has 0 fully saturated rings. The van der Waals surface area contributed by atoms with Crippen LogP contribution in [0.1, 0.15) is 17.0 Å². The van der Waals surface area contributed by atoms with Gasteiger partial charge < -0.3 is 0 Å². The van der Waals surface area contributed by atoms with E-state index >= 15 is 0 Å². The van der Waals surface area contributed by atoms with E-state index in [4.69, 9.17) is 0 Å². The van der Waals surface area contributed by atoms with E-state index in [0.29, 0.717) is 5.13 Å². The Kier molecular flexibility index (Phi) is 5.83. The van der Waals surface area contributed by atoms with Crippen molar-refractivity contribution in [1.29, 1.82) is 0 Å². The van der Waals surface area contributed by atoms with Crippen LogP contribution >= 0.6 is 27.3 Å². The van der Waals surface area contributed by atoms with E-state index in [1.807, 2.05) is 84.9 Å². The Labute approximate surface area is 182 Å². The van der Waals surface area contributed by atoms with Crippen LogP contribution in [0.15, 0.2) is 89.4 Å². The second kappa shape index (κ2) is 8.68. The maximum absolute atomic E-state index is 13.5. The number of carbonyl (C=O) groups excluding carboxylic acids is 1. The quantitative estimate of drug-likeness (QED) is 0.377. The molecule has 0 N–H and O–H groups in total. The first-order valence-electron chi connectivity index (χ1n) is 9.10. The lowest BCUT2D eigenvalue weighted by molar-refractivity contribution is -0.118. The molecule has 29 heavy (non-hydrogen) atoms. The summed E-state index contributed by atoms with van der Waals surface area (Å²) in [6.45, 7) is 0. The van der Waals surface area contributed by atoms with Crippen LogP contribution in [0.5, 0.6) is 0 Å². The van der Waals surface area contributed by atoms with E-state index in [1.165, 1.54) is 11.3 Å². The lowest BCUT2D eigenvalue weighted by Gasteiger charge is -2.22. The summed E-state index contributed by atoms with van der Waals surface area (Å²) in [6, 6.07) is 27.5. The van der Waals surface area contributed by atoms with Crippen LogP contribution in [0.4, 0.5) is 5.13 Å². The highest BCUT2D eigenvalue weighted by Crippen LogP contribution is 2.32. The number of aromatic nitrogens is 2. The highest BCUT2D eigenvalue weighted by atomic mass is 79.9. The molecule has 0 spiro atoms. The van der Waals surface area contributed by atoms with Gasteiger partial charge in [0, 0.05) is 17.1 Å². The lowest BCUT2D eigenvalue weighted by Crippen LogP contribution is -2.32. The third-order valence-electron chi connectivity index (χ3n) is 4.64. The lowest BCUT2D eigenvalue weighted by atomic mass is 9.90. The predicted octanol–water partition coefficient (Wildman–Crippen LogP) is 5.76. The van der Waals surface area contributed by atoms with Crippen LogP contribution < -0.4 is 4.90 Å². The Morgan fingerprint density at radius 2 is 1.41 bits per heavy atom. The Morgan fingerprint density at radius 1 is 0.862 bits per heavy atom. The number of anilines is 1. The van der Waals surface area contributed by atoms with Crippen molar-refractivity contribution >= 4 is 38.3 Å². The Morgan fingerprint density at radius 3 is 1.97 bits per heavy atom. The van der Waals surface area contributed by atoms with E-state index in [0.717, 1.165) is 26.2 Å². The van der Waals surface area contributed by atoms with Crippen molar-refractivity contribution in [3.63, 3.8) is 0 Å². The SMILES string of the molecule is CN(C(=O)C(c1ccccc1)c1ccccc1)c1nnc(-c2ccc(Br)cc2)s1. The molecule has 0 aliphatic carbocycles. The Balaban J connectivity index is 1.65.